The smallest absolute Gasteiger partial charge is 0.201 e. The van der Waals surface area contributed by atoms with E-state index in [1.807, 2.05) is 0 Å². The van der Waals surface area contributed by atoms with Crippen molar-refractivity contribution in [2.45, 2.75) is 27.2 Å². The van der Waals surface area contributed by atoms with Gasteiger partial charge in [0.1, 0.15) is 7.05 Å². The van der Waals surface area contributed by atoms with Gasteiger partial charge in [-0.05, 0) is 66.6 Å². The van der Waals surface area contributed by atoms with Gasteiger partial charge in [-0.3, -0.25) is 0 Å². The van der Waals surface area contributed by atoms with E-state index in [1.54, 1.807) is 0 Å². The van der Waals surface area contributed by atoms with Gasteiger partial charge in [0.2, 0.25) is 5.69 Å². The summed E-state index contributed by atoms with van der Waals surface area (Å²) in [4.78, 5) is 0. The summed E-state index contributed by atoms with van der Waals surface area (Å²) in [6.07, 6.45) is 3.21. The van der Waals surface area contributed by atoms with Gasteiger partial charge in [0.15, 0.2) is 6.20 Å². The minimum Gasteiger partial charge on any atom is -0.201 e. The number of fused-ring (bicyclic) bond motifs is 3. The molecular formula is C22H22N+. The Balaban J connectivity index is 1.90. The molecule has 2 aromatic carbocycles. The van der Waals surface area contributed by atoms with Gasteiger partial charge >= 0.3 is 0 Å². The van der Waals surface area contributed by atoms with Crippen LogP contribution in [0.15, 0.2) is 48.7 Å². The first-order chi connectivity index (χ1) is 11.0. The second-order valence-electron chi connectivity index (χ2n) is 6.80. The number of benzene rings is 2. The molecule has 0 unspecified atom stereocenters. The fraction of sp³-hybridized carbons (Fsp3) is 0.227. The number of rotatable bonds is 1. The summed E-state index contributed by atoms with van der Waals surface area (Å²) < 4.78 is 2.22. The Labute approximate surface area is 138 Å². The Hall–Kier alpha value is -2.41. The number of aromatic nitrogens is 1. The molecule has 0 amide bonds. The van der Waals surface area contributed by atoms with Gasteiger partial charge < -0.3 is 0 Å². The van der Waals surface area contributed by atoms with Crippen molar-refractivity contribution in [3.63, 3.8) is 0 Å². The van der Waals surface area contributed by atoms with Gasteiger partial charge in [-0.15, -0.1) is 0 Å². The molecule has 114 valence electrons. The maximum absolute atomic E-state index is 2.33. The van der Waals surface area contributed by atoms with Gasteiger partial charge in [-0.25, -0.2) is 4.57 Å². The van der Waals surface area contributed by atoms with Crippen molar-refractivity contribution < 1.29 is 4.57 Å². The molecule has 1 aliphatic carbocycles. The van der Waals surface area contributed by atoms with Crippen LogP contribution in [0, 0.1) is 20.8 Å². The van der Waals surface area contributed by atoms with Crippen LogP contribution in [0.25, 0.3) is 22.4 Å². The Morgan fingerprint density at radius 3 is 2.30 bits per heavy atom. The lowest BCUT2D eigenvalue weighted by molar-refractivity contribution is -0.660. The monoisotopic (exact) mass is 300 g/mol. The maximum atomic E-state index is 2.33. The van der Waals surface area contributed by atoms with Gasteiger partial charge in [-0.2, -0.15) is 0 Å². The van der Waals surface area contributed by atoms with Crippen LogP contribution in [0.5, 0.6) is 0 Å². The third kappa shape index (κ3) is 2.19. The van der Waals surface area contributed by atoms with Crippen LogP contribution in [0.3, 0.4) is 0 Å². The zero-order chi connectivity index (χ0) is 16.1. The van der Waals surface area contributed by atoms with E-state index in [9.17, 15) is 0 Å². The van der Waals surface area contributed by atoms with Crippen molar-refractivity contribution in [1.29, 1.82) is 0 Å². The summed E-state index contributed by atoms with van der Waals surface area (Å²) in [7, 11) is 2.12. The van der Waals surface area contributed by atoms with Crippen LogP contribution in [0.1, 0.15) is 27.8 Å². The summed E-state index contributed by atoms with van der Waals surface area (Å²) in [5.74, 6) is 0. The number of pyridine rings is 1. The quantitative estimate of drug-likeness (QED) is 0.450. The molecule has 0 N–H and O–H groups in total. The summed E-state index contributed by atoms with van der Waals surface area (Å²) >= 11 is 0. The summed E-state index contributed by atoms with van der Waals surface area (Å²) in [5.41, 5.74) is 12.5. The highest BCUT2D eigenvalue weighted by Gasteiger charge is 2.23. The lowest BCUT2D eigenvalue weighted by atomic mass is 9.94. The van der Waals surface area contributed by atoms with Crippen LogP contribution >= 0.6 is 0 Å². The molecule has 23 heavy (non-hydrogen) atoms. The molecule has 0 radical (unpaired) electrons. The van der Waals surface area contributed by atoms with Crippen LogP contribution < -0.4 is 4.57 Å². The molecule has 0 saturated carbocycles. The van der Waals surface area contributed by atoms with E-state index in [2.05, 4.69) is 81.0 Å². The molecule has 0 atom stereocenters. The number of aryl methyl sites for hydroxylation is 3. The average Bonchev–Trinajstić information content (AvgIpc) is 2.89. The van der Waals surface area contributed by atoms with Gasteiger partial charge in [0, 0.05) is 17.7 Å². The highest BCUT2D eigenvalue weighted by atomic mass is 14.9. The van der Waals surface area contributed by atoms with Crippen molar-refractivity contribution in [1.82, 2.24) is 0 Å². The normalized spacial score (nSPS) is 12.2. The molecule has 1 nitrogen and oxygen atoms in total. The van der Waals surface area contributed by atoms with E-state index in [4.69, 9.17) is 0 Å². The van der Waals surface area contributed by atoms with E-state index in [1.165, 1.54) is 50.2 Å². The number of hydrogen-bond acceptors (Lipinski definition) is 0. The molecule has 4 rings (SSSR count). The molecule has 1 aliphatic rings. The predicted octanol–water partition coefficient (Wildman–Crippen LogP) is 4.67. The molecule has 0 fully saturated rings. The molecule has 1 heterocycles. The Kier molecular flexibility index (Phi) is 3.12. The molecule has 0 saturated heterocycles. The highest BCUT2D eigenvalue weighted by Crippen LogP contribution is 2.41. The molecule has 1 aromatic heterocycles. The van der Waals surface area contributed by atoms with Crippen LogP contribution in [-0.4, -0.2) is 0 Å². The van der Waals surface area contributed by atoms with E-state index >= 15 is 0 Å². The fourth-order valence-electron chi connectivity index (χ4n) is 3.78. The average molecular weight is 300 g/mol. The standard InChI is InChI=1S/C22H22N/c1-14-5-6-19-17(11-14)13-21-16(3)18(7-8-20(19)21)22-12-15(2)9-10-23(22)4/h5-12H,13H2,1-4H3/q+1. The zero-order valence-corrected chi connectivity index (χ0v) is 14.3. The van der Waals surface area contributed by atoms with Crippen molar-refractivity contribution in [2.75, 3.05) is 0 Å². The topological polar surface area (TPSA) is 3.88 Å². The SMILES string of the molecule is Cc1ccc2c(c1)Cc1c-2ccc(-c2cc(C)cc[n+]2C)c1C. The second kappa shape index (κ2) is 5.06. The van der Waals surface area contributed by atoms with Crippen molar-refractivity contribution in [2.24, 2.45) is 7.05 Å². The summed E-state index contributed by atoms with van der Waals surface area (Å²) in [6.45, 7) is 6.61. The molecule has 3 aromatic rings. The van der Waals surface area contributed by atoms with E-state index in [0.29, 0.717) is 0 Å². The van der Waals surface area contributed by atoms with Gasteiger partial charge in [0.05, 0.1) is 0 Å². The van der Waals surface area contributed by atoms with Gasteiger partial charge in [0.25, 0.3) is 0 Å². The molecular weight excluding hydrogens is 278 g/mol. The first kappa shape index (κ1) is 14.2. The Morgan fingerprint density at radius 1 is 0.783 bits per heavy atom. The highest BCUT2D eigenvalue weighted by molar-refractivity contribution is 5.82. The first-order valence-electron chi connectivity index (χ1n) is 8.23. The summed E-state index contributed by atoms with van der Waals surface area (Å²) in [6, 6.07) is 15.9. The van der Waals surface area contributed by atoms with E-state index < -0.39 is 0 Å². The van der Waals surface area contributed by atoms with Crippen molar-refractivity contribution in [3.8, 4) is 22.4 Å². The van der Waals surface area contributed by atoms with Crippen LogP contribution in [-0.2, 0) is 13.5 Å². The zero-order valence-electron chi connectivity index (χ0n) is 14.3. The minimum atomic E-state index is 1.06. The van der Waals surface area contributed by atoms with Crippen LogP contribution in [0.2, 0.25) is 0 Å². The largest absolute Gasteiger partial charge is 0.212 e. The maximum Gasteiger partial charge on any atom is 0.212 e. The van der Waals surface area contributed by atoms with Crippen molar-refractivity contribution >= 4 is 0 Å². The first-order valence-corrected chi connectivity index (χ1v) is 8.23. The van der Waals surface area contributed by atoms with E-state index in [0.717, 1.165) is 6.42 Å². The lowest BCUT2D eigenvalue weighted by Gasteiger charge is -2.10. The third-order valence-corrected chi connectivity index (χ3v) is 5.10. The predicted molar refractivity (Wildman–Crippen MR) is 95.5 cm³/mol. The summed E-state index contributed by atoms with van der Waals surface area (Å²) in [5, 5.41) is 0. The molecule has 0 spiro atoms. The minimum absolute atomic E-state index is 1.06. The number of hydrogen-bond donors (Lipinski definition) is 0. The van der Waals surface area contributed by atoms with Gasteiger partial charge in [-0.1, -0.05) is 29.8 Å². The molecule has 1 heteroatoms. The Morgan fingerprint density at radius 2 is 1.48 bits per heavy atom. The third-order valence-electron chi connectivity index (χ3n) is 5.10. The second-order valence-corrected chi connectivity index (χ2v) is 6.80. The molecule has 0 bridgehead atoms. The Bertz CT molecular complexity index is 935. The van der Waals surface area contributed by atoms with Crippen LogP contribution in [0.4, 0.5) is 0 Å². The molecule has 0 aliphatic heterocycles. The number of nitrogens with zero attached hydrogens (tertiary/aromatic N) is 1. The fourth-order valence-corrected chi connectivity index (χ4v) is 3.78. The van der Waals surface area contributed by atoms with E-state index in [-0.39, 0.29) is 0 Å². The van der Waals surface area contributed by atoms with Crippen molar-refractivity contribution in [3.05, 3.63) is 76.5 Å². The lowest BCUT2D eigenvalue weighted by Crippen LogP contribution is -2.30.